The Morgan fingerprint density at radius 1 is 1.00 bits per heavy atom. The molecule has 0 saturated carbocycles. The average Bonchev–Trinajstić information content (AvgIpc) is 0.722. The Morgan fingerprint density at radius 2 is 1.00 bits per heavy atom. The van der Waals surface area contributed by atoms with Crippen LogP contribution < -0.4 is 0 Å². The molecule has 8 heteroatoms. The molecule has 0 rings (SSSR count). The van der Waals surface area contributed by atoms with Crippen molar-refractivity contribution in [2.75, 3.05) is 0 Å². The van der Waals surface area contributed by atoms with Gasteiger partial charge in [0.1, 0.15) is 0 Å². The largest absolute Gasteiger partial charge is 0.412 e. The molecule has 0 aliphatic rings. The summed E-state index contributed by atoms with van der Waals surface area (Å²) in [6.45, 7) is 0. The van der Waals surface area contributed by atoms with Crippen molar-refractivity contribution in [1.29, 1.82) is 0 Å². The fourth-order valence-electron chi connectivity index (χ4n) is 0. The third-order valence-electron chi connectivity index (χ3n) is 0. The summed E-state index contributed by atoms with van der Waals surface area (Å²) in [5.41, 5.74) is 0. The molecule has 0 aliphatic carbocycles. The van der Waals surface area contributed by atoms with Crippen molar-refractivity contribution < 1.29 is 50.2 Å². The Bertz CT molecular complexity index is 91.7. The summed E-state index contributed by atoms with van der Waals surface area (Å²) in [5, 5.41) is 0. The van der Waals surface area contributed by atoms with Crippen molar-refractivity contribution >= 4 is 10.4 Å². The smallest absolute Gasteiger partial charge is 0.394 e. The van der Waals surface area contributed by atoms with Crippen LogP contribution in [0.5, 0.6) is 0 Å². The van der Waals surface area contributed by atoms with Gasteiger partial charge in [0.15, 0.2) is 0 Å². The minimum Gasteiger partial charge on any atom is -0.412 e. The van der Waals surface area contributed by atoms with E-state index in [1.54, 1.807) is 0 Å². The van der Waals surface area contributed by atoms with Gasteiger partial charge in [0.2, 0.25) is 0 Å². The summed E-state index contributed by atoms with van der Waals surface area (Å²) in [5.74, 6) is 0. The van der Waals surface area contributed by atoms with E-state index in [4.69, 9.17) is 17.5 Å². The molecule has 0 saturated heterocycles. The van der Waals surface area contributed by atoms with Gasteiger partial charge in [-0.3, -0.25) is 9.11 Å². The topological polar surface area (TPSA) is 138 Å². The van der Waals surface area contributed by atoms with E-state index in [0.717, 1.165) is 0 Å². The van der Waals surface area contributed by atoms with Gasteiger partial charge in [-0.1, -0.05) is 0 Å². The van der Waals surface area contributed by atoms with Gasteiger partial charge >= 0.3 is 10.4 Å². The molecule has 0 bridgehead atoms. The SMILES string of the molecule is O.O.O=S(=O)(O)O.[Ti]. The second-order valence-corrected chi connectivity index (χ2v) is 1.34. The maximum absolute atomic E-state index is 8.74. The molecule has 0 atom stereocenters. The van der Waals surface area contributed by atoms with Crippen LogP contribution in [0.25, 0.3) is 0 Å². The molecule has 0 aromatic carbocycles. The minimum absolute atomic E-state index is 0. The molecule has 0 radical (unpaired) electrons. The van der Waals surface area contributed by atoms with Crippen LogP contribution in [0, 0.1) is 0 Å². The van der Waals surface area contributed by atoms with Gasteiger partial charge in [0.05, 0.1) is 0 Å². The second-order valence-electron chi connectivity index (χ2n) is 0.448. The molecule has 52 valence electrons. The first kappa shape index (κ1) is 23.6. The summed E-state index contributed by atoms with van der Waals surface area (Å²) in [4.78, 5) is 0. The molecule has 0 fully saturated rings. The van der Waals surface area contributed by atoms with Gasteiger partial charge in [-0.25, -0.2) is 0 Å². The third-order valence-corrected chi connectivity index (χ3v) is 0. The van der Waals surface area contributed by atoms with E-state index in [9.17, 15) is 0 Å². The van der Waals surface area contributed by atoms with Crippen molar-refractivity contribution in [3.8, 4) is 0 Å². The Labute approximate surface area is 61.0 Å². The fourth-order valence-corrected chi connectivity index (χ4v) is 0. The predicted molar refractivity (Wildman–Crippen MR) is 21.4 cm³/mol. The van der Waals surface area contributed by atoms with Crippen molar-refractivity contribution in [1.82, 2.24) is 0 Å². The molecule has 0 aliphatic heterocycles. The zero-order valence-corrected chi connectivity index (χ0v) is 6.00. The zero-order chi connectivity index (χ0) is 4.50. The molecule has 6 N–H and O–H groups in total. The molecule has 0 aromatic heterocycles. The van der Waals surface area contributed by atoms with E-state index in [-0.39, 0.29) is 32.7 Å². The van der Waals surface area contributed by atoms with Crippen LogP contribution in [0.4, 0.5) is 0 Å². The van der Waals surface area contributed by atoms with Crippen LogP contribution in [0.2, 0.25) is 0 Å². The van der Waals surface area contributed by atoms with Crippen molar-refractivity contribution in [2.45, 2.75) is 0 Å². The van der Waals surface area contributed by atoms with E-state index in [1.165, 1.54) is 0 Å². The van der Waals surface area contributed by atoms with Crippen LogP contribution in [0.3, 0.4) is 0 Å². The average molecular weight is 182 g/mol. The molecular weight excluding hydrogens is 176 g/mol. The Kier molecular flexibility index (Phi) is 22.1. The fraction of sp³-hybridized carbons (Fsp3) is 0. The van der Waals surface area contributed by atoms with Gasteiger partial charge in [-0.05, 0) is 0 Å². The summed E-state index contributed by atoms with van der Waals surface area (Å²) >= 11 is 0. The molecule has 0 spiro atoms. The van der Waals surface area contributed by atoms with Crippen molar-refractivity contribution in [3.63, 3.8) is 0 Å². The van der Waals surface area contributed by atoms with E-state index in [0.29, 0.717) is 0 Å². The molecular formula is H6O6STi. The maximum atomic E-state index is 8.74. The number of rotatable bonds is 0. The van der Waals surface area contributed by atoms with Crippen LogP contribution in [-0.4, -0.2) is 28.5 Å². The summed E-state index contributed by atoms with van der Waals surface area (Å²) in [6, 6.07) is 0. The van der Waals surface area contributed by atoms with E-state index >= 15 is 0 Å². The molecule has 0 unspecified atom stereocenters. The standard InChI is InChI=1S/H2O4S.2H2O.Ti/c1-5(2,3)4;;;/h(H2,1,2,3,4);2*1H2;. The second kappa shape index (κ2) is 7.50. The Hall–Kier alpha value is 0.504. The summed E-state index contributed by atoms with van der Waals surface area (Å²) in [7, 11) is -4.67. The van der Waals surface area contributed by atoms with Gasteiger partial charge in [0.25, 0.3) is 0 Å². The van der Waals surface area contributed by atoms with E-state index < -0.39 is 10.4 Å². The van der Waals surface area contributed by atoms with E-state index in [1.807, 2.05) is 0 Å². The van der Waals surface area contributed by atoms with Gasteiger partial charge in [-0.2, -0.15) is 8.42 Å². The first-order valence-corrected chi connectivity index (χ1v) is 2.10. The van der Waals surface area contributed by atoms with Crippen LogP contribution in [0.1, 0.15) is 0 Å². The van der Waals surface area contributed by atoms with Crippen molar-refractivity contribution in [2.24, 2.45) is 0 Å². The van der Waals surface area contributed by atoms with Crippen LogP contribution in [0.15, 0.2) is 0 Å². The molecule has 6 nitrogen and oxygen atoms in total. The van der Waals surface area contributed by atoms with Gasteiger partial charge in [-0.15, -0.1) is 0 Å². The molecule has 0 aromatic rings. The van der Waals surface area contributed by atoms with Gasteiger partial charge < -0.3 is 11.0 Å². The molecule has 0 amide bonds. The van der Waals surface area contributed by atoms with Gasteiger partial charge in [0, 0.05) is 21.7 Å². The first-order valence-electron chi connectivity index (χ1n) is 0.698. The zero-order valence-electron chi connectivity index (χ0n) is 3.62. The number of hydrogen-bond acceptors (Lipinski definition) is 2. The molecule has 0 heterocycles. The van der Waals surface area contributed by atoms with E-state index in [2.05, 4.69) is 0 Å². The maximum Gasteiger partial charge on any atom is 0.394 e. The quantitative estimate of drug-likeness (QED) is 0.321. The number of hydrogen-bond donors (Lipinski definition) is 2. The third kappa shape index (κ3) is 775. The first-order chi connectivity index (χ1) is 2.00. The Morgan fingerprint density at radius 3 is 1.00 bits per heavy atom. The minimum atomic E-state index is -4.67. The Balaban J connectivity index is -0.0000000267. The monoisotopic (exact) mass is 182 g/mol. The predicted octanol–water partition coefficient (Wildman–Crippen LogP) is -2.30. The van der Waals surface area contributed by atoms with Crippen molar-refractivity contribution in [3.05, 3.63) is 0 Å². The summed E-state index contributed by atoms with van der Waals surface area (Å²) in [6.07, 6.45) is 0. The van der Waals surface area contributed by atoms with Crippen LogP contribution in [-0.2, 0) is 32.1 Å². The normalized spacial score (nSPS) is 7.25. The van der Waals surface area contributed by atoms with Crippen LogP contribution >= 0.6 is 0 Å². The summed E-state index contributed by atoms with van der Waals surface area (Å²) < 4.78 is 31.6. The molecule has 8 heavy (non-hydrogen) atoms.